The van der Waals surface area contributed by atoms with Crippen molar-refractivity contribution >= 4 is 11.9 Å². The average Bonchev–Trinajstić information content (AvgIpc) is 2.35. The molecule has 2 atom stereocenters. The van der Waals surface area contributed by atoms with Crippen LogP contribution in [0.5, 0.6) is 0 Å². The third-order valence-electron chi connectivity index (χ3n) is 3.12. The topological polar surface area (TPSA) is 58.7 Å². The molecule has 0 aromatic rings. The Labute approximate surface area is 97.9 Å². The van der Waals surface area contributed by atoms with Crippen molar-refractivity contribution in [3.63, 3.8) is 0 Å². The number of guanidine groups is 1. The van der Waals surface area contributed by atoms with Crippen LogP contribution in [0.1, 0.15) is 47.5 Å². The number of hydrogen-bond donors (Lipinski definition) is 1. The van der Waals surface area contributed by atoms with E-state index in [0.717, 1.165) is 12.8 Å². The highest BCUT2D eigenvalue weighted by molar-refractivity contribution is 6.06. The molecule has 16 heavy (non-hydrogen) atoms. The molecule has 1 rings (SSSR count). The summed E-state index contributed by atoms with van der Waals surface area (Å²) in [4.78, 5) is 18.3. The highest BCUT2D eigenvalue weighted by Crippen LogP contribution is 2.29. The fourth-order valence-corrected chi connectivity index (χ4v) is 2.25. The number of carbonyl (C=O) groups is 1. The number of hydrogen-bond acceptors (Lipinski definition) is 3. The van der Waals surface area contributed by atoms with Crippen LogP contribution in [0.25, 0.3) is 0 Å². The van der Waals surface area contributed by atoms with Crippen molar-refractivity contribution in [2.24, 2.45) is 16.6 Å². The highest BCUT2D eigenvalue weighted by Gasteiger charge is 2.45. The van der Waals surface area contributed by atoms with Crippen LogP contribution in [0.15, 0.2) is 4.99 Å². The Morgan fingerprint density at radius 3 is 2.44 bits per heavy atom. The number of carbonyl (C=O) groups excluding carboxylic acids is 1. The molecule has 4 heteroatoms. The van der Waals surface area contributed by atoms with E-state index in [4.69, 9.17) is 5.73 Å². The van der Waals surface area contributed by atoms with E-state index in [1.54, 1.807) is 4.90 Å². The monoisotopic (exact) mass is 225 g/mol. The quantitative estimate of drug-likeness (QED) is 0.792. The van der Waals surface area contributed by atoms with E-state index in [0.29, 0.717) is 11.9 Å². The molecular formula is C12H23N3O. The van der Waals surface area contributed by atoms with Gasteiger partial charge in [0.15, 0.2) is 5.96 Å². The second kappa shape index (κ2) is 4.44. The molecule has 0 saturated carbocycles. The van der Waals surface area contributed by atoms with Crippen molar-refractivity contribution in [1.82, 2.24) is 4.90 Å². The number of amides is 1. The summed E-state index contributed by atoms with van der Waals surface area (Å²) in [6.07, 6.45) is 1.64. The molecule has 1 aliphatic heterocycles. The molecule has 1 amide bonds. The summed E-state index contributed by atoms with van der Waals surface area (Å²) in [5.74, 6) is 0.859. The van der Waals surface area contributed by atoms with E-state index in [2.05, 4.69) is 18.8 Å². The van der Waals surface area contributed by atoms with Crippen LogP contribution in [0.3, 0.4) is 0 Å². The summed E-state index contributed by atoms with van der Waals surface area (Å²) in [5.41, 5.74) is 5.20. The van der Waals surface area contributed by atoms with Crippen molar-refractivity contribution in [1.29, 1.82) is 0 Å². The lowest BCUT2D eigenvalue weighted by Gasteiger charge is -2.27. The van der Waals surface area contributed by atoms with Crippen molar-refractivity contribution in [3.05, 3.63) is 0 Å². The molecule has 0 aromatic heterocycles. The second-order valence-electron chi connectivity index (χ2n) is 5.27. The van der Waals surface area contributed by atoms with Crippen LogP contribution in [-0.4, -0.2) is 28.3 Å². The predicted molar refractivity (Wildman–Crippen MR) is 66.1 cm³/mol. The maximum atomic E-state index is 12.3. The first-order valence-corrected chi connectivity index (χ1v) is 6.00. The molecule has 0 spiro atoms. The van der Waals surface area contributed by atoms with Gasteiger partial charge >= 0.3 is 0 Å². The van der Waals surface area contributed by atoms with Gasteiger partial charge in [0.1, 0.15) is 5.54 Å². The largest absolute Gasteiger partial charge is 0.369 e. The summed E-state index contributed by atoms with van der Waals surface area (Å²) in [5, 5.41) is 0. The van der Waals surface area contributed by atoms with E-state index in [9.17, 15) is 4.79 Å². The highest BCUT2D eigenvalue weighted by atomic mass is 16.2. The van der Waals surface area contributed by atoms with Crippen LogP contribution < -0.4 is 5.73 Å². The molecule has 92 valence electrons. The van der Waals surface area contributed by atoms with Crippen LogP contribution in [0.2, 0.25) is 0 Å². The Bertz CT molecular complexity index is 311. The molecule has 0 aliphatic carbocycles. The molecule has 0 bridgehead atoms. The molecule has 0 aromatic carbocycles. The first kappa shape index (κ1) is 13.0. The van der Waals surface area contributed by atoms with E-state index >= 15 is 0 Å². The Hall–Kier alpha value is -1.06. The Morgan fingerprint density at radius 2 is 2.00 bits per heavy atom. The number of aliphatic imine (C=N–C) groups is 1. The van der Waals surface area contributed by atoms with Gasteiger partial charge in [-0.3, -0.25) is 9.69 Å². The van der Waals surface area contributed by atoms with Crippen LogP contribution >= 0.6 is 0 Å². The third-order valence-corrected chi connectivity index (χ3v) is 3.12. The molecule has 0 radical (unpaired) electrons. The van der Waals surface area contributed by atoms with Gasteiger partial charge in [0.05, 0.1) is 0 Å². The minimum Gasteiger partial charge on any atom is -0.369 e. The zero-order valence-corrected chi connectivity index (χ0v) is 10.9. The van der Waals surface area contributed by atoms with Gasteiger partial charge in [-0.1, -0.05) is 20.8 Å². The van der Waals surface area contributed by atoms with Gasteiger partial charge in [0.2, 0.25) is 0 Å². The Morgan fingerprint density at radius 1 is 1.44 bits per heavy atom. The summed E-state index contributed by atoms with van der Waals surface area (Å²) >= 11 is 0. The summed E-state index contributed by atoms with van der Waals surface area (Å²) in [6, 6.07) is 0.130. The normalized spacial score (nSPS) is 27.5. The fourth-order valence-electron chi connectivity index (χ4n) is 2.25. The standard InChI is InChI=1S/C12H23N3O/c1-6-9(4)15-10(16)12(5,7-8(2)3)14-11(15)13/h8-9H,6-7H2,1-5H3,(H2,13,14). The number of nitrogens with zero attached hydrogens (tertiary/aromatic N) is 2. The fraction of sp³-hybridized carbons (Fsp3) is 0.833. The maximum absolute atomic E-state index is 12.3. The molecule has 4 nitrogen and oxygen atoms in total. The Kier molecular flexibility index (Phi) is 3.61. The van der Waals surface area contributed by atoms with E-state index in [1.807, 2.05) is 20.8 Å². The van der Waals surface area contributed by atoms with Gasteiger partial charge in [-0.05, 0) is 32.6 Å². The summed E-state index contributed by atoms with van der Waals surface area (Å²) < 4.78 is 0. The van der Waals surface area contributed by atoms with Gasteiger partial charge in [-0.15, -0.1) is 0 Å². The molecule has 0 fully saturated rings. The van der Waals surface area contributed by atoms with Gasteiger partial charge in [-0.25, -0.2) is 4.99 Å². The second-order valence-corrected chi connectivity index (χ2v) is 5.27. The van der Waals surface area contributed by atoms with Crippen molar-refractivity contribution < 1.29 is 4.79 Å². The Balaban J connectivity index is 2.92. The maximum Gasteiger partial charge on any atom is 0.257 e. The lowest BCUT2D eigenvalue weighted by atomic mass is 9.90. The zero-order chi connectivity index (χ0) is 12.5. The minimum atomic E-state index is -0.651. The van der Waals surface area contributed by atoms with E-state index in [1.165, 1.54) is 0 Å². The van der Waals surface area contributed by atoms with Crippen molar-refractivity contribution in [3.8, 4) is 0 Å². The van der Waals surface area contributed by atoms with Crippen LogP contribution in [-0.2, 0) is 4.79 Å². The average molecular weight is 225 g/mol. The zero-order valence-electron chi connectivity index (χ0n) is 10.9. The van der Waals surface area contributed by atoms with E-state index < -0.39 is 5.54 Å². The summed E-state index contributed by atoms with van der Waals surface area (Å²) in [7, 11) is 0. The molecule has 1 heterocycles. The number of nitrogens with two attached hydrogens (primary N) is 1. The van der Waals surface area contributed by atoms with Gasteiger partial charge in [0, 0.05) is 6.04 Å². The SMILES string of the molecule is CCC(C)N1C(=O)C(C)(CC(C)C)N=C1N. The van der Waals surface area contributed by atoms with Crippen molar-refractivity contribution in [2.45, 2.75) is 59.0 Å². The van der Waals surface area contributed by atoms with Crippen molar-refractivity contribution in [2.75, 3.05) is 0 Å². The third kappa shape index (κ3) is 2.20. The first-order valence-electron chi connectivity index (χ1n) is 6.00. The lowest BCUT2D eigenvalue weighted by molar-refractivity contribution is -0.132. The predicted octanol–water partition coefficient (Wildman–Crippen LogP) is 1.75. The molecule has 1 aliphatic rings. The summed E-state index contributed by atoms with van der Waals surface area (Å²) in [6.45, 7) is 10.1. The van der Waals surface area contributed by atoms with Crippen LogP contribution in [0.4, 0.5) is 0 Å². The van der Waals surface area contributed by atoms with Gasteiger partial charge in [-0.2, -0.15) is 0 Å². The lowest BCUT2D eigenvalue weighted by Crippen LogP contribution is -2.47. The molecular weight excluding hydrogens is 202 g/mol. The molecule has 2 N–H and O–H groups in total. The molecule has 2 unspecified atom stereocenters. The minimum absolute atomic E-state index is 0.0491. The smallest absolute Gasteiger partial charge is 0.257 e. The van der Waals surface area contributed by atoms with E-state index in [-0.39, 0.29) is 11.9 Å². The first-order chi connectivity index (χ1) is 7.31. The van der Waals surface area contributed by atoms with Gasteiger partial charge in [0.25, 0.3) is 5.91 Å². The number of rotatable bonds is 4. The van der Waals surface area contributed by atoms with Gasteiger partial charge < -0.3 is 5.73 Å². The molecule has 0 saturated heterocycles. The van der Waals surface area contributed by atoms with Crippen LogP contribution in [0, 0.1) is 5.92 Å².